The van der Waals surface area contributed by atoms with Crippen LogP contribution < -0.4 is 10.5 Å². The first kappa shape index (κ1) is 17.2. The van der Waals surface area contributed by atoms with Gasteiger partial charge in [0.05, 0.1) is 7.11 Å². The van der Waals surface area contributed by atoms with E-state index in [-0.39, 0.29) is 12.0 Å². The number of rotatable bonds is 4. The smallest absolute Gasteiger partial charge is 0.225 e. The molecule has 5 heteroatoms. The van der Waals surface area contributed by atoms with Gasteiger partial charge < -0.3 is 15.4 Å². The third kappa shape index (κ3) is 3.73. The van der Waals surface area contributed by atoms with Crippen LogP contribution >= 0.6 is 0 Å². The number of amides is 1. The Morgan fingerprint density at radius 2 is 2.00 bits per heavy atom. The van der Waals surface area contributed by atoms with Crippen LogP contribution in [0.3, 0.4) is 0 Å². The molecule has 1 aromatic rings. The Balaban J connectivity index is 1.55. The van der Waals surface area contributed by atoms with Gasteiger partial charge in [-0.1, -0.05) is 12.1 Å². The Kier molecular flexibility index (Phi) is 5.41. The fourth-order valence-corrected chi connectivity index (χ4v) is 3.94. The Morgan fingerprint density at radius 1 is 1.25 bits per heavy atom. The molecule has 2 fully saturated rings. The zero-order valence-corrected chi connectivity index (χ0v) is 14.8. The zero-order valence-electron chi connectivity index (χ0n) is 14.8. The van der Waals surface area contributed by atoms with E-state index >= 15 is 0 Å². The summed E-state index contributed by atoms with van der Waals surface area (Å²) in [5, 5.41) is 0. The monoisotopic (exact) mass is 331 g/mol. The van der Waals surface area contributed by atoms with E-state index in [1.54, 1.807) is 7.11 Å². The van der Waals surface area contributed by atoms with Gasteiger partial charge in [-0.3, -0.25) is 9.69 Å². The molecular weight excluding hydrogens is 302 g/mol. The maximum absolute atomic E-state index is 12.6. The molecule has 2 N–H and O–H groups in total. The van der Waals surface area contributed by atoms with Gasteiger partial charge in [-0.2, -0.15) is 0 Å². The Morgan fingerprint density at radius 3 is 2.62 bits per heavy atom. The summed E-state index contributed by atoms with van der Waals surface area (Å²) in [5.74, 6) is 1.37. The van der Waals surface area contributed by atoms with Gasteiger partial charge in [0.15, 0.2) is 0 Å². The van der Waals surface area contributed by atoms with Crippen LogP contribution in [0.2, 0.25) is 0 Å². The van der Waals surface area contributed by atoms with E-state index in [0.29, 0.717) is 11.9 Å². The molecule has 1 aromatic carbocycles. The zero-order chi connectivity index (χ0) is 17.1. The highest BCUT2D eigenvalue weighted by Crippen LogP contribution is 2.28. The minimum Gasteiger partial charge on any atom is -0.497 e. The molecular formula is C19H29N3O2. The van der Waals surface area contributed by atoms with E-state index in [0.717, 1.165) is 51.2 Å². The third-order valence-corrected chi connectivity index (χ3v) is 5.57. The lowest BCUT2D eigenvalue weighted by Crippen LogP contribution is -2.50. The van der Waals surface area contributed by atoms with Crippen LogP contribution in [0.5, 0.6) is 5.75 Å². The van der Waals surface area contributed by atoms with Gasteiger partial charge >= 0.3 is 0 Å². The van der Waals surface area contributed by atoms with Crippen molar-refractivity contribution in [2.24, 2.45) is 11.7 Å². The van der Waals surface area contributed by atoms with Crippen LogP contribution in [0.1, 0.15) is 37.8 Å². The minimum absolute atomic E-state index is 0.155. The predicted molar refractivity (Wildman–Crippen MR) is 94.9 cm³/mol. The summed E-state index contributed by atoms with van der Waals surface area (Å²) >= 11 is 0. The average Bonchev–Trinajstić information content (AvgIpc) is 3.07. The fraction of sp³-hybridized carbons (Fsp3) is 0.632. The lowest BCUT2D eigenvalue weighted by molar-refractivity contribution is -0.137. The number of carbonyl (C=O) groups is 1. The second-order valence-electron chi connectivity index (χ2n) is 7.08. The molecule has 0 bridgehead atoms. The highest BCUT2D eigenvalue weighted by Gasteiger charge is 2.33. The van der Waals surface area contributed by atoms with Crippen LogP contribution in [0.15, 0.2) is 24.3 Å². The van der Waals surface area contributed by atoms with Crippen molar-refractivity contribution in [1.29, 1.82) is 0 Å². The molecule has 1 amide bonds. The Labute approximate surface area is 144 Å². The first-order valence-corrected chi connectivity index (χ1v) is 9.01. The van der Waals surface area contributed by atoms with Crippen molar-refractivity contribution in [2.45, 2.75) is 38.3 Å². The molecule has 24 heavy (non-hydrogen) atoms. The van der Waals surface area contributed by atoms with Gasteiger partial charge in [-0.05, 0) is 43.9 Å². The van der Waals surface area contributed by atoms with Crippen LogP contribution in [0.4, 0.5) is 0 Å². The number of hydrogen-bond donors (Lipinski definition) is 1. The van der Waals surface area contributed by atoms with Crippen LogP contribution in [-0.4, -0.2) is 55.0 Å². The van der Waals surface area contributed by atoms with Crippen molar-refractivity contribution >= 4 is 5.91 Å². The predicted octanol–water partition coefficient (Wildman–Crippen LogP) is 2.03. The number of carbonyl (C=O) groups excluding carboxylic acids is 1. The molecule has 1 aliphatic heterocycles. The highest BCUT2D eigenvalue weighted by molar-refractivity contribution is 5.79. The van der Waals surface area contributed by atoms with E-state index in [9.17, 15) is 4.79 Å². The van der Waals surface area contributed by atoms with Crippen molar-refractivity contribution in [1.82, 2.24) is 9.80 Å². The molecule has 5 nitrogen and oxygen atoms in total. The molecule has 1 saturated heterocycles. The van der Waals surface area contributed by atoms with Gasteiger partial charge in [0.1, 0.15) is 5.75 Å². The molecule has 1 saturated carbocycles. The lowest BCUT2D eigenvalue weighted by atomic mass is 10.0. The van der Waals surface area contributed by atoms with Gasteiger partial charge in [0.25, 0.3) is 0 Å². The third-order valence-electron chi connectivity index (χ3n) is 5.57. The number of nitrogens with zero attached hydrogens (tertiary/aromatic N) is 2. The second kappa shape index (κ2) is 7.53. The SMILES string of the molecule is COc1cccc([C@H](C)N2CCN(C(=O)[C@@H]3CC[C@H](N)C3)CC2)c1. The van der Waals surface area contributed by atoms with Crippen LogP contribution in [0, 0.1) is 5.92 Å². The van der Waals surface area contributed by atoms with Crippen molar-refractivity contribution in [3.63, 3.8) is 0 Å². The van der Waals surface area contributed by atoms with Gasteiger partial charge in [-0.15, -0.1) is 0 Å². The summed E-state index contributed by atoms with van der Waals surface area (Å²) < 4.78 is 5.32. The maximum atomic E-state index is 12.6. The molecule has 2 aliphatic rings. The van der Waals surface area contributed by atoms with Gasteiger partial charge in [0, 0.05) is 44.2 Å². The summed E-state index contributed by atoms with van der Waals surface area (Å²) in [6.07, 6.45) is 2.81. The fourth-order valence-electron chi connectivity index (χ4n) is 3.94. The standard InChI is InChI=1S/C19H29N3O2/c1-14(15-4-3-5-18(13-15)24-2)21-8-10-22(11-9-21)19(23)16-6-7-17(20)12-16/h3-5,13-14,16-17H,6-12,20H2,1-2H3/t14-,16+,17-/m0/s1. The van der Waals surface area contributed by atoms with Crippen molar-refractivity contribution in [3.8, 4) is 5.75 Å². The van der Waals surface area contributed by atoms with E-state index in [1.165, 1.54) is 5.56 Å². The molecule has 0 spiro atoms. The average molecular weight is 331 g/mol. The van der Waals surface area contributed by atoms with E-state index < -0.39 is 0 Å². The summed E-state index contributed by atoms with van der Waals surface area (Å²) in [6, 6.07) is 8.80. The van der Waals surface area contributed by atoms with Crippen LogP contribution in [-0.2, 0) is 4.79 Å². The largest absolute Gasteiger partial charge is 0.497 e. The number of hydrogen-bond acceptors (Lipinski definition) is 4. The summed E-state index contributed by atoms with van der Waals surface area (Å²) in [6.45, 7) is 5.70. The van der Waals surface area contributed by atoms with Crippen LogP contribution in [0.25, 0.3) is 0 Å². The molecule has 0 radical (unpaired) electrons. The molecule has 132 valence electrons. The van der Waals surface area contributed by atoms with Gasteiger partial charge in [-0.25, -0.2) is 0 Å². The lowest BCUT2D eigenvalue weighted by Gasteiger charge is -2.39. The van der Waals surface area contributed by atoms with E-state index in [1.807, 2.05) is 17.0 Å². The van der Waals surface area contributed by atoms with Crippen molar-refractivity contribution in [2.75, 3.05) is 33.3 Å². The number of benzene rings is 1. The number of piperazine rings is 1. The summed E-state index contributed by atoms with van der Waals surface area (Å²) in [7, 11) is 1.70. The summed E-state index contributed by atoms with van der Waals surface area (Å²) in [5.41, 5.74) is 7.21. The quantitative estimate of drug-likeness (QED) is 0.917. The topological polar surface area (TPSA) is 58.8 Å². The Hall–Kier alpha value is -1.59. The van der Waals surface area contributed by atoms with Gasteiger partial charge in [0.2, 0.25) is 5.91 Å². The van der Waals surface area contributed by atoms with Crippen molar-refractivity contribution in [3.05, 3.63) is 29.8 Å². The molecule has 3 atom stereocenters. The maximum Gasteiger partial charge on any atom is 0.225 e. The first-order chi connectivity index (χ1) is 11.6. The molecule has 3 rings (SSSR count). The Bertz CT molecular complexity index is 569. The normalized spacial score (nSPS) is 26.4. The molecule has 0 aromatic heterocycles. The molecule has 0 unspecified atom stereocenters. The van der Waals surface area contributed by atoms with Crippen molar-refractivity contribution < 1.29 is 9.53 Å². The molecule has 1 heterocycles. The number of ether oxygens (including phenoxy) is 1. The first-order valence-electron chi connectivity index (χ1n) is 9.01. The number of methoxy groups -OCH3 is 1. The summed E-state index contributed by atoms with van der Waals surface area (Å²) in [4.78, 5) is 17.1. The molecule has 1 aliphatic carbocycles. The van der Waals surface area contributed by atoms with E-state index in [4.69, 9.17) is 10.5 Å². The second-order valence-corrected chi connectivity index (χ2v) is 7.08. The highest BCUT2D eigenvalue weighted by atomic mass is 16.5. The minimum atomic E-state index is 0.155. The van der Waals surface area contributed by atoms with E-state index in [2.05, 4.69) is 24.0 Å². The number of nitrogens with two attached hydrogens (primary N) is 1.